The van der Waals surface area contributed by atoms with Gasteiger partial charge in [-0.15, -0.1) is 0 Å². The number of carbonyl (C=O) groups excluding carboxylic acids is 1. The maximum atomic E-state index is 12.3. The fourth-order valence-electron chi connectivity index (χ4n) is 4.03. The molecule has 0 bridgehead atoms. The van der Waals surface area contributed by atoms with E-state index in [0.717, 1.165) is 56.7 Å². The zero-order valence-corrected chi connectivity index (χ0v) is 15.5. The Morgan fingerprint density at radius 2 is 2.00 bits per heavy atom. The van der Waals surface area contributed by atoms with Crippen LogP contribution < -0.4 is 5.56 Å². The Balaban J connectivity index is 1.44. The van der Waals surface area contributed by atoms with Gasteiger partial charge in [0.1, 0.15) is 0 Å². The second kappa shape index (κ2) is 8.00. The summed E-state index contributed by atoms with van der Waals surface area (Å²) in [7, 11) is 0. The fraction of sp³-hybridized carbons (Fsp3) is 0.500. The van der Waals surface area contributed by atoms with Crippen LogP contribution in [0.25, 0.3) is 11.3 Å². The standard InChI is InChI=1S/C20H25N5O2/c26-19-6-3-11-24(19)13-12-23-10-2-5-17(23)15-25-20(27)8-7-18(22-25)16-4-1-9-21-14-16/h1,4,7-9,14,17H,2-3,5-6,10-13,15H2. The second-order valence-electron chi connectivity index (χ2n) is 7.30. The maximum absolute atomic E-state index is 12.3. The Morgan fingerprint density at radius 3 is 2.78 bits per heavy atom. The molecule has 4 heterocycles. The van der Waals surface area contributed by atoms with Crippen LogP contribution in [-0.4, -0.2) is 62.7 Å². The summed E-state index contributed by atoms with van der Waals surface area (Å²) in [5.41, 5.74) is 1.58. The van der Waals surface area contributed by atoms with Gasteiger partial charge in [-0.25, -0.2) is 4.68 Å². The minimum atomic E-state index is -0.0794. The summed E-state index contributed by atoms with van der Waals surface area (Å²) >= 11 is 0. The van der Waals surface area contributed by atoms with Crippen molar-refractivity contribution in [3.05, 3.63) is 47.0 Å². The predicted octanol–water partition coefficient (Wildman–Crippen LogP) is 1.39. The Bertz CT molecular complexity index is 851. The third-order valence-corrected chi connectivity index (χ3v) is 5.54. The number of hydrogen-bond donors (Lipinski definition) is 0. The molecule has 1 unspecified atom stereocenters. The van der Waals surface area contributed by atoms with Crippen LogP contribution >= 0.6 is 0 Å². The highest BCUT2D eigenvalue weighted by molar-refractivity contribution is 5.78. The largest absolute Gasteiger partial charge is 0.341 e. The van der Waals surface area contributed by atoms with Crippen molar-refractivity contribution in [2.75, 3.05) is 26.2 Å². The number of amides is 1. The summed E-state index contributed by atoms with van der Waals surface area (Å²) in [6, 6.07) is 7.43. The molecule has 2 fully saturated rings. The van der Waals surface area contributed by atoms with Crippen molar-refractivity contribution in [3.8, 4) is 11.3 Å². The molecule has 142 valence electrons. The lowest BCUT2D eigenvalue weighted by Crippen LogP contribution is -2.41. The number of rotatable bonds is 6. The van der Waals surface area contributed by atoms with Gasteiger partial charge in [-0.1, -0.05) is 0 Å². The SMILES string of the molecule is O=C1CCCN1CCN1CCCC1Cn1nc(-c2cccnc2)ccc1=O. The van der Waals surface area contributed by atoms with E-state index >= 15 is 0 Å². The molecular formula is C20H25N5O2. The molecule has 2 aliphatic rings. The molecule has 7 heteroatoms. The van der Waals surface area contributed by atoms with E-state index in [4.69, 9.17) is 0 Å². The Hall–Kier alpha value is -2.54. The molecule has 2 saturated heterocycles. The quantitative estimate of drug-likeness (QED) is 0.772. The van der Waals surface area contributed by atoms with E-state index < -0.39 is 0 Å². The van der Waals surface area contributed by atoms with Crippen LogP contribution in [-0.2, 0) is 11.3 Å². The molecule has 0 N–H and O–H groups in total. The van der Waals surface area contributed by atoms with Gasteiger partial charge in [0.05, 0.1) is 12.2 Å². The molecule has 0 saturated carbocycles. The summed E-state index contributed by atoms with van der Waals surface area (Å²) in [5.74, 6) is 0.271. The van der Waals surface area contributed by atoms with Gasteiger partial charge in [-0.05, 0) is 44.0 Å². The monoisotopic (exact) mass is 367 g/mol. The van der Waals surface area contributed by atoms with Gasteiger partial charge in [0.25, 0.3) is 5.56 Å². The first-order valence-corrected chi connectivity index (χ1v) is 9.71. The molecule has 0 spiro atoms. The van der Waals surface area contributed by atoms with Crippen molar-refractivity contribution in [3.63, 3.8) is 0 Å². The number of nitrogens with zero attached hydrogens (tertiary/aromatic N) is 5. The lowest BCUT2D eigenvalue weighted by atomic mass is 10.2. The molecule has 4 rings (SSSR count). The lowest BCUT2D eigenvalue weighted by Gasteiger charge is -2.27. The van der Waals surface area contributed by atoms with Gasteiger partial charge >= 0.3 is 0 Å². The minimum Gasteiger partial charge on any atom is -0.341 e. The van der Waals surface area contributed by atoms with Crippen molar-refractivity contribution in [2.45, 2.75) is 38.3 Å². The highest BCUT2D eigenvalue weighted by Gasteiger charge is 2.27. The van der Waals surface area contributed by atoms with Crippen molar-refractivity contribution < 1.29 is 4.79 Å². The topological polar surface area (TPSA) is 71.3 Å². The average Bonchev–Trinajstić information content (AvgIpc) is 3.31. The summed E-state index contributed by atoms with van der Waals surface area (Å²) in [5, 5.41) is 4.56. The van der Waals surface area contributed by atoms with Crippen molar-refractivity contribution >= 4 is 5.91 Å². The zero-order valence-electron chi connectivity index (χ0n) is 15.5. The first-order chi connectivity index (χ1) is 13.2. The number of hydrogen-bond acceptors (Lipinski definition) is 5. The van der Waals surface area contributed by atoms with E-state index in [1.807, 2.05) is 17.0 Å². The summed E-state index contributed by atoms with van der Waals surface area (Å²) in [4.78, 5) is 32.6. The van der Waals surface area contributed by atoms with Gasteiger partial charge < -0.3 is 4.90 Å². The van der Waals surface area contributed by atoms with Crippen LogP contribution in [0.3, 0.4) is 0 Å². The van der Waals surface area contributed by atoms with Crippen LogP contribution in [0.4, 0.5) is 0 Å². The van der Waals surface area contributed by atoms with Gasteiger partial charge in [-0.3, -0.25) is 19.5 Å². The number of pyridine rings is 1. The van der Waals surface area contributed by atoms with Crippen LogP contribution in [0.1, 0.15) is 25.7 Å². The number of aromatic nitrogens is 3. The molecule has 27 heavy (non-hydrogen) atoms. The first-order valence-electron chi connectivity index (χ1n) is 9.71. The van der Waals surface area contributed by atoms with Gasteiger partial charge in [0, 0.05) is 56.1 Å². The summed E-state index contributed by atoms with van der Waals surface area (Å²) in [6.45, 7) is 4.14. The van der Waals surface area contributed by atoms with Gasteiger partial charge in [0.15, 0.2) is 0 Å². The Labute approximate surface area is 158 Å². The second-order valence-corrected chi connectivity index (χ2v) is 7.30. The third kappa shape index (κ3) is 4.08. The fourth-order valence-corrected chi connectivity index (χ4v) is 4.03. The summed E-state index contributed by atoms with van der Waals surface area (Å²) in [6.07, 6.45) is 7.31. The van der Waals surface area contributed by atoms with Crippen molar-refractivity contribution in [2.24, 2.45) is 0 Å². The highest BCUT2D eigenvalue weighted by atomic mass is 16.2. The van der Waals surface area contributed by atoms with E-state index in [1.54, 1.807) is 29.2 Å². The first kappa shape index (κ1) is 17.9. The molecule has 0 aromatic carbocycles. The zero-order chi connectivity index (χ0) is 18.6. The summed E-state index contributed by atoms with van der Waals surface area (Å²) < 4.78 is 1.58. The van der Waals surface area contributed by atoms with Crippen molar-refractivity contribution in [1.82, 2.24) is 24.6 Å². The van der Waals surface area contributed by atoms with E-state index in [2.05, 4.69) is 15.0 Å². The molecule has 1 amide bonds. The molecule has 0 aliphatic carbocycles. The lowest BCUT2D eigenvalue weighted by molar-refractivity contribution is -0.127. The highest BCUT2D eigenvalue weighted by Crippen LogP contribution is 2.20. The molecule has 1 atom stereocenters. The normalized spacial score (nSPS) is 20.5. The van der Waals surface area contributed by atoms with Crippen LogP contribution in [0.5, 0.6) is 0 Å². The number of carbonyl (C=O) groups is 1. The minimum absolute atomic E-state index is 0.0794. The van der Waals surface area contributed by atoms with E-state index in [1.165, 1.54) is 0 Å². The van der Waals surface area contributed by atoms with E-state index in [-0.39, 0.29) is 17.5 Å². The van der Waals surface area contributed by atoms with Crippen LogP contribution in [0.15, 0.2) is 41.5 Å². The molecule has 7 nitrogen and oxygen atoms in total. The molecule has 2 aliphatic heterocycles. The molecule has 0 radical (unpaired) electrons. The predicted molar refractivity (Wildman–Crippen MR) is 102 cm³/mol. The van der Waals surface area contributed by atoms with Gasteiger partial charge in [0.2, 0.25) is 5.91 Å². The van der Waals surface area contributed by atoms with E-state index in [9.17, 15) is 9.59 Å². The maximum Gasteiger partial charge on any atom is 0.266 e. The third-order valence-electron chi connectivity index (χ3n) is 5.54. The average molecular weight is 367 g/mol. The van der Waals surface area contributed by atoms with E-state index in [0.29, 0.717) is 13.0 Å². The van der Waals surface area contributed by atoms with Crippen LogP contribution in [0.2, 0.25) is 0 Å². The Morgan fingerprint density at radius 1 is 1.07 bits per heavy atom. The molecular weight excluding hydrogens is 342 g/mol. The number of likely N-dealkylation sites (tertiary alicyclic amines) is 2. The molecule has 2 aromatic heterocycles. The Kier molecular flexibility index (Phi) is 5.29. The molecule has 2 aromatic rings. The van der Waals surface area contributed by atoms with Crippen molar-refractivity contribution in [1.29, 1.82) is 0 Å². The van der Waals surface area contributed by atoms with Gasteiger partial charge in [-0.2, -0.15) is 5.10 Å². The van der Waals surface area contributed by atoms with Crippen LogP contribution in [0, 0.1) is 0 Å². The smallest absolute Gasteiger partial charge is 0.266 e.